The molecule has 0 aromatic heterocycles. The van der Waals surface area contributed by atoms with Crippen molar-refractivity contribution in [1.82, 2.24) is 9.81 Å². The number of esters is 1. The molecule has 1 saturated carbocycles. The third-order valence-corrected chi connectivity index (χ3v) is 7.54. The van der Waals surface area contributed by atoms with E-state index in [0.29, 0.717) is 5.56 Å². The van der Waals surface area contributed by atoms with Crippen molar-refractivity contribution >= 4 is 34.9 Å². The van der Waals surface area contributed by atoms with Gasteiger partial charge in [-0.05, 0) is 31.6 Å². The summed E-state index contributed by atoms with van der Waals surface area (Å²) in [5.74, 6) is -10.7. The average Bonchev–Trinajstić information content (AvgIpc) is 2.81. The average molecular weight is 528 g/mol. The summed E-state index contributed by atoms with van der Waals surface area (Å²) in [5, 5.41) is 48.5. The molecule has 0 aliphatic heterocycles. The van der Waals surface area contributed by atoms with Crippen LogP contribution >= 0.6 is 0 Å². The Kier molecular flexibility index (Phi) is 6.22. The van der Waals surface area contributed by atoms with Crippen molar-refractivity contribution in [2.45, 2.75) is 37.5 Å². The van der Waals surface area contributed by atoms with Gasteiger partial charge in [-0.25, -0.2) is 0 Å². The molecule has 0 bridgehead atoms. The fraction of sp³-hybridized carbons (Fsp3) is 0.417. The van der Waals surface area contributed by atoms with E-state index in [1.165, 1.54) is 31.1 Å². The molecule has 3 aliphatic carbocycles. The first-order valence-corrected chi connectivity index (χ1v) is 11.5. The Morgan fingerprint density at radius 1 is 1.21 bits per heavy atom. The predicted octanol–water partition coefficient (Wildman–Crippen LogP) is 0.248. The van der Waals surface area contributed by atoms with Crippen LogP contribution in [0, 0.1) is 17.4 Å². The van der Waals surface area contributed by atoms with Crippen molar-refractivity contribution < 1.29 is 44.3 Å². The summed E-state index contributed by atoms with van der Waals surface area (Å²) in [5.41, 5.74) is 7.64. The largest absolute Gasteiger partial charge is 0.508 e. The number of ether oxygens (including phenoxy) is 1. The van der Waals surface area contributed by atoms with Crippen LogP contribution in [-0.2, 0) is 23.9 Å². The summed E-state index contributed by atoms with van der Waals surface area (Å²) in [6.07, 6.45) is -1.47. The van der Waals surface area contributed by atoms with Gasteiger partial charge in [0.05, 0.1) is 17.5 Å². The third kappa shape index (κ3) is 3.38. The Bertz CT molecular complexity index is 1420. The van der Waals surface area contributed by atoms with E-state index in [9.17, 15) is 39.6 Å². The van der Waals surface area contributed by atoms with Crippen LogP contribution in [0.25, 0.3) is 5.76 Å². The van der Waals surface area contributed by atoms with Crippen molar-refractivity contribution in [2.24, 2.45) is 22.7 Å². The zero-order chi connectivity index (χ0) is 28.4. The number of rotatable bonds is 4. The molecular weight excluding hydrogens is 502 g/mol. The van der Waals surface area contributed by atoms with Crippen molar-refractivity contribution in [3.8, 4) is 5.75 Å². The first-order chi connectivity index (χ1) is 17.7. The molecule has 14 heteroatoms. The number of hydrogen-bond donors (Lipinski definition) is 6. The molecule has 7 N–H and O–H groups in total. The molecule has 6 atom stereocenters. The van der Waals surface area contributed by atoms with Crippen LogP contribution in [0.15, 0.2) is 34.2 Å². The van der Waals surface area contributed by atoms with Crippen molar-refractivity contribution in [1.29, 1.82) is 5.53 Å². The Labute approximate surface area is 215 Å². The number of aromatic hydroxyl groups is 1. The van der Waals surface area contributed by atoms with Crippen LogP contribution < -0.4 is 10.6 Å². The first-order valence-electron chi connectivity index (χ1n) is 11.5. The molecule has 200 valence electrons. The maximum Gasteiger partial charge on any atom is 0.302 e. The Hall–Kier alpha value is -4.39. The van der Waals surface area contributed by atoms with E-state index in [4.69, 9.17) is 16.0 Å². The number of nitrogens with one attached hydrogen (secondary N) is 1. The monoisotopic (exact) mass is 528 g/mol. The van der Waals surface area contributed by atoms with Gasteiger partial charge in [-0.3, -0.25) is 24.1 Å². The van der Waals surface area contributed by atoms with Gasteiger partial charge in [-0.15, -0.1) is 0 Å². The molecular formula is C24H26N5O9+. The lowest BCUT2D eigenvalue weighted by atomic mass is 9.54. The van der Waals surface area contributed by atoms with Crippen LogP contribution in [0.3, 0.4) is 0 Å². The van der Waals surface area contributed by atoms with Gasteiger partial charge in [0.1, 0.15) is 28.7 Å². The maximum atomic E-state index is 14.1. The summed E-state index contributed by atoms with van der Waals surface area (Å²) in [7, 11) is 2.87. The van der Waals surface area contributed by atoms with Gasteiger partial charge in [0.15, 0.2) is 27.9 Å². The lowest BCUT2D eigenvalue weighted by Crippen LogP contribution is -2.71. The number of phenols is 1. The Morgan fingerprint density at radius 3 is 2.37 bits per heavy atom. The zero-order valence-electron chi connectivity index (χ0n) is 20.8. The maximum absolute atomic E-state index is 14.1. The highest BCUT2D eigenvalue weighted by atomic mass is 16.5. The number of fused-ring (bicyclic) bond motifs is 3. The Morgan fingerprint density at radius 2 is 1.84 bits per heavy atom. The molecule has 0 saturated heterocycles. The fourth-order valence-corrected chi connectivity index (χ4v) is 6.04. The molecule has 4 rings (SSSR count). The number of aliphatic hydroxyl groups is 3. The molecule has 1 aromatic rings. The summed E-state index contributed by atoms with van der Waals surface area (Å²) in [6.45, 7) is 2.69. The van der Waals surface area contributed by atoms with Gasteiger partial charge in [0.25, 0.3) is 5.91 Å². The van der Waals surface area contributed by atoms with Crippen molar-refractivity contribution in [2.75, 3.05) is 14.1 Å². The van der Waals surface area contributed by atoms with Gasteiger partial charge < -0.3 is 30.9 Å². The standard InChI is InChI=1S/C24H25N5O9/c1-7-9-5-6-10(27-28-26)17(31)12(9)18(32)13-11(7)20(38-8(2)30)15-16(29(3)4)19(33)14(23(25)36)22(35)24(15,37)21(13)34/h5-7,11,15-16,20,26,37H,1-4H3,(H4,25,32,33,34,35,36)/p+1/t7-,11+,15+,16-,20-,24-/m1/s1. The van der Waals surface area contributed by atoms with Gasteiger partial charge in [0.2, 0.25) is 10.7 Å². The number of amides is 1. The van der Waals surface area contributed by atoms with Gasteiger partial charge in [-0.1, -0.05) is 13.0 Å². The highest BCUT2D eigenvalue weighted by Gasteiger charge is 2.69. The van der Waals surface area contributed by atoms with Crippen molar-refractivity contribution in [3.63, 3.8) is 0 Å². The van der Waals surface area contributed by atoms with E-state index in [1.807, 2.05) is 0 Å². The fourth-order valence-electron chi connectivity index (χ4n) is 6.04. The number of aliphatic hydroxyl groups excluding tert-OH is 2. The molecule has 0 unspecified atom stereocenters. The minimum atomic E-state index is -3.02. The number of ketones is 2. The minimum absolute atomic E-state index is 0.192. The number of carbonyl (C=O) groups excluding carboxylic acids is 4. The molecule has 0 radical (unpaired) electrons. The lowest BCUT2D eigenvalue weighted by molar-refractivity contribution is -0.184. The van der Waals surface area contributed by atoms with E-state index in [2.05, 4.69) is 10.0 Å². The third-order valence-electron chi connectivity index (χ3n) is 7.54. The zero-order valence-corrected chi connectivity index (χ0v) is 20.8. The molecule has 3 aliphatic rings. The van der Waals surface area contributed by atoms with E-state index >= 15 is 0 Å². The minimum Gasteiger partial charge on any atom is -0.508 e. The number of likely N-dealkylation sites (N-methyl/N-ethyl adjacent to an activating group) is 1. The summed E-state index contributed by atoms with van der Waals surface area (Å²) < 4.78 is 5.60. The second kappa shape index (κ2) is 8.87. The van der Waals surface area contributed by atoms with Crippen LogP contribution in [-0.4, -0.2) is 80.6 Å². The number of primary amides is 1. The number of nitrogens with zero attached hydrogens (tertiary/aromatic N) is 3. The molecule has 1 amide bonds. The van der Waals surface area contributed by atoms with E-state index in [1.54, 1.807) is 6.92 Å². The van der Waals surface area contributed by atoms with Crippen molar-refractivity contribution in [3.05, 3.63) is 40.2 Å². The molecule has 38 heavy (non-hydrogen) atoms. The number of carbonyl (C=O) groups is 4. The van der Waals surface area contributed by atoms with E-state index < -0.39 is 87.4 Å². The molecule has 1 fully saturated rings. The van der Waals surface area contributed by atoms with Gasteiger partial charge in [-0.2, -0.15) is 0 Å². The van der Waals surface area contributed by atoms with E-state index in [-0.39, 0.29) is 11.3 Å². The SMILES string of the molecule is CC(=O)O[C@@H]1[C@@H]2C(=C(O)c3c(ccc(N=[N+]=N)c3O)[C@H]2C)C(=O)[C@@]2(O)C(O)=C(C(N)=O)C(=O)[C@H](N(C)C)[C@@H]12. The van der Waals surface area contributed by atoms with E-state index in [0.717, 1.165) is 6.92 Å². The normalized spacial score (nSPS) is 30.3. The van der Waals surface area contributed by atoms with Gasteiger partial charge >= 0.3 is 5.97 Å². The van der Waals surface area contributed by atoms with Crippen LogP contribution in [0.1, 0.15) is 30.9 Å². The second-order valence-corrected chi connectivity index (χ2v) is 9.73. The molecule has 1 aromatic carbocycles. The smallest absolute Gasteiger partial charge is 0.302 e. The summed E-state index contributed by atoms with van der Waals surface area (Å²) in [4.78, 5) is 56.0. The number of Topliss-reactive ketones (excluding diaryl/α,β-unsaturated/α-hetero) is 2. The number of phenolic OH excluding ortho intramolecular Hbond substituents is 1. The topological polar surface area (TPSA) is 238 Å². The predicted molar refractivity (Wildman–Crippen MR) is 127 cm³/mol. The Balaban J connectivity index is 2.13. The van der Waals surface area contributed by atoms with Crippen LogP contribution in [0.4, 0.5) is 5.69 Å². The molecule has 14 nitrogen and oxygen atoms in total. The quantitative estimate of drug-likeness (QED) is 0.135. The molecule has 0 heterocycles. The molecule has 0 spiro atoms. The first kappa shape index (κ1) is 26.7. The number of hydrogen-bond acceptors (Lipinski definition) is 12. The highest BCUT2D eigenvalue weighted by molar-refractivity contribution is 6.24. The summed E-state index contributed by atoms with van der Waals surface area (Å²) in [6, 6.07) is 1.37. The summed E-state index contributed by atoms with van der Waals surface area (Å²) >= 11 is 0. The highest BCUT2D eigenvalue weighted by Crippen LogP contribution is 2.57. The lowest BCUT2D eigenvalue weighted by Gasteiger charge is -2.54. The van der Waals surface area contributed by atoms with Crippen LogP contribution in [0.5, 0.6) is 5.75 Å². The van der Waals surface area contributed by atoms with Gasteiger partial charge in [0, 0.05) is 18.4 Å². The van der Waals surface area contributed by atoms with Crippen LogP contribution in [0.2, 0.25) is 0 Å². The number of nitrogens with two attached hydrogens (primary N) is 1. The second-order valence-electron chi connectivity index (χ2n) is 9.73. The number of benzene rings is 1.